The lowest BCUT2D eigenvalue weighted by Crippen LogP contribution is -2.20. The van der Waals surface area contributed by atoms with E-state index in [2.05, 4.69) is 20.7 Å². The number of nitro benzene ring substituents is 1. The summed E-state index contributed by atoms with van der Waals surface area (Å²) in [5.41, 5.74) is 1.91. The van der Waals surface area contributed by atoms with E-state index in [1.165, 1.54) is 24.3 Å². The second-order valence-electron chi connectivity index (χ2n) is 7.79. The van der Waals surface area contributed by atoms with Gasteiger partial charge in [0, 0.05) is 22.3 Å². The number of carbonyl (C=O) groups is 1. The van der Waals surface area contributed by atoms with Crippen LogP contribution in [0.3, 0.4) is 0 Å². The number of nitro groups is 1. The van der Waals surface area contributed by atoms with Gasteiger partial charge in [-0.2, -0.15) is 4.98 Å². The zero-order chi connectivity index (χ0) is 25.4. The van der Waals surface area contributed by atoms with Gasteiger partial charge in [-0.25, -0.2) is 9.07 Å². The summed E-state index contributed by atoms with van der Waals surface area (Å²) in [4.78, 5) is 27.6. The fraction of sp³-hybridized carbons (Fsp3) is 0.0417. The molecule has 0 radical (unpaired) electrons. The Labute approximate surface area is 213 Å². The number of halogens is 3. The van der Waals surface area contributed by atoms with Crippen molar-refractivity contribution in [2.75, 3.05) is 10.6 Å². The van der Waals surface area contributed by atoms with Crippen LogP contribution < -0.4 is 10.6 Å². The van der Waals surface area contributed by atoms with Crippen LogP contribution in [-0.2, 0) is 0 Å². The van der Waals surface area contributed by atoms with Crippen molar-refractivity contribution in [3.05, 3.63) is 115 Å². The number of benzene rings is 3. The Morgan fingerprint density at radius 3 is 2.50 bits per heavy atom. The molecule has 0 saturated heterocycles. The lowest BCUT2D eigenvalue weighted by molar-refractivity contribution is -0.384. The smallest absolute Gasteiger partial charge is 0.288 e. The molecule has 5 rings (SSSR count). The number of nitrogens with zero attached hydrogens (tertiary/aromatic N) is 4. The molecule has 9 nitrogen and oxygen atoms in total. The number of fused-ring (bicyclic) bond motifs is 1. The first-order valence-corrected chi connectivity index (χ1v) is 11.3. The number of allylic oxidation sites excluding steroid dienone is 1. The molecule has 180 valence electrons. The van der Waals surface area contributed by atoms with Gasteiger partial charge in [0.2, 0.25) is 5.95 Å². The van der Waals surface area contributed by atoms with Crippen LogP contribution in [-0.4, -0.2) is 25.6 Å². The number of rotatable bonds is 5. The van der Waals surface area contributed by atoms with Crippen molar-refractivity contribution in [3.8, 4) is 0 Å². The van der Waals surface area contributed by atoms with Gasteiger partial charge in [-0.1, -0.05) is 47.5 Å². The van der Waals surface area contributed by atoms with Gasteiger partial charge in [0.15, 0.2) is 0 Å². The van der Waals surface area contributed by atoms with E-state index in [1.54, 1.807) is 28.9 Å². The van der Waals surface area contributed by atoms with Crippen molar-refractivity contribution < 1.29 is 14.1 Å². The quantitative estimate of drug-likeness (QED) is 0.246. The number of hydrogen-bond acceptors (Lipinski definition) is 6. The average Bonchev–Trinajstić information content (AvgIpc) is 3.26. The summed E-state index contributed by atoms with van der Waals surface area (Å²) < 4.78 is 15.1. The maximum Gasteiger partial charge on any atom is 0.288 e. The topological polar surface area (TPSA) is 115 Å². The third-order valence-corrected chi connectivity index (χ3v) is 6.03. The fourth-order valence-corrected chi connectivity index (χ4v) is 4.02. The molecule has 0 unspecified atom stereocenters. The summed E-state index contributed by atoms with van der Waals surface area (Å²) in [5, 5.41) is 21.8. The van der Waals surface area contributed by atoms with Crippen molar-refractivity contribution in [1.29, 1.82) is 0 Å². The van der Waals surface area contributed by atoms with Gasteiger partial charge in [-0.15, -0.1) is 5.10 Å². The Hall–Kier alpha value is -4.28. The molecular weight excluding hydrogens is 510 g/mol. The van der Waals surface area contributed by atoms with Crippen LogP contribution in [0, 0.1) is 15.9 Å². The first-order valence-electron chi connectivity index (χ1n) is 10.5. The SMILES string of the molecule is O=C(Nc1nc2n(n1)[C@H](c1ccc(F)cc1)C=C(c1ccc(Cl)cc1)N2)c1ccc(Cl)c([N+](=O)[O-])c1. The summed E-state index contributed by atoms with van der Waals surface area (Å²) in [6.45, 7) is 0. The first kappa shape index (κ1) is 23.5. The molecule has 1 aliphatic heterocycles. The molecular formula is C24H15Cl2FN6O3. The van der Waals surface area contributed by atoms with Crippen LogP contribution in [0.1, 0.15) is 27.5 Å². The molecule has 3 aromatic carbocycles. The molecule has 0 spiro atoms. The van der Waals surface area contributed by atoms with Gasteiger partial charge in [0.1, 0.15) is 16.9 Å². The Bertz CT molecular complexity index is 1520. The van der Waals surface area contributed by atoms with E-state index in [0.717, 1.165) is 17.2 Å². The average molecular weight is 525 g/mol. The van der Waals surface area contributed by atoms with Crippen molar-refractivity contribution >= 4 is 52.4 Å². The van der Waals surface area contributed by atoms with Gasteiger partial charge >= 0.3 is 0 Å². The molecule has 12 heteroatoms. The molecule has 2 N–H and O–H groups in total. The molecule has 0 aliphatic carbocycles. The minimum Gasteiger partial charge on any atom is -0.324 e. The second-order valence-corrected chi connectivity index (χ2v) is 8.63. The van der Waals surface area contributed by atoms with E-state index in [1.807, 2.05) is 18.2 Å². The highest BCUT2D eigenvalue weighted by atomic mass is 35.5. The van der Waals surface area contributed by atoms with Crippen molar-refractivity contribution in [2.24, 2.45) is 0 Å². The molecule has 2 heterocycles. The summed E-state index contributed by atoms with van der Waals surface area (Å²) >= 11 is 11.9. The van der Waals surface area contributed by atoms with Gasteiger partial charge < -0.3 is 5.32 Å². The standard InChI is InChI=1S/C24H15Cl2FN6O3/c25-16-6-1-13(2-7-16)19-12-20(14-3-8-17(27)9-4-14)32-24(28-19)30-23(31-32)29-22(34)15-5-10-18(26)21(11-15)33(35)36/h1-12,20H,(H2,28,29,30,31,34)/t20-/m0/s1. The molecule has 0 bridgehead atoms. The van der Waals surface area contributed by atoms with Crippen molar-refractivity contribution in [1.82, 2.24) is 14.8 Å². The van der Waals surface area contributed by atoms with Crippen LogP contribution in [0.15, 0.2) is 72.8 Å². The zero-order valence-electron chi connectivity index (χ0n) is 18.2. The molecule has 1 amide bonds. The number of nitrogens with one attached hydrogen (secondary N) is 2. The Morgan fingerprint density at radius 2 is 1.81 bits per heavy atom. The highest BCUT2D eigenvalue weighted by molar-refractivity contribution is 6.32. The number of anilines is 2. The lowest BCUT2D eigenvalue weighted by atomic mass is 10.0. The van der Waals surface area contributed by atoms with Crippen LogP contribution >= 0.6 is 23.2 Å². The van der Waals surface area contributed by atoms with E-state index >= 15 is 0 Å². The van der Waals surface area contributed by atoms with E-state index in [4.69, 9.17) is 23.2 Å². The third-order valence-electron chi connectivity index (χ3n) is 5.46. The van der Waals surface area contributed by atoms with Gasteiger partial charge in [-0.3, -0.25) is 20.2 Å². The predicted octanol–water partition coefficient (Wildman–Crippen LogP) is 5.94. The van der Waals surface area contributed by atoms with Crippen LogP contribution in [0.4, 0.5) is 22.0 Å². The third kappa shape index (κ3) is 4.64. The zero-order valence-corrected chi connectivity index (χ0v) is 19.7. The number of hydrogen-bond donors (Lipinski definition) is 2. The number of aromatic nitrogens is 3. The predicted molar refractivity (Wildman–Crippen MR) is 134 cm³/mol. The fourth-order valence-electron chi connectivity index (χ4n) is 3.71. The molecule has 1 aromatic heterocycles. The van der Waals surface area contributed by atoms with E-state index in [-0.39, 0.29) is 22.4 Å². The molecule has 36 heavy (non-hydrogen) atoms. The number of amides is 1. The van der Waals surface area contributed by atoms with E-state index in [9.17, 15) is 19.3 Å². The molecule has 1 atom stereocenters. The Morgan fingerprint density at radius 1 is 1.08 bits per heavy atom. The Balaban J connectivity index is 1.49. The molecule has 0 saturated carbocycles. The van der Waals surface area contributed by atoms with Crippen LogP contribution in [0.25, 0.3) is 5.70 Å². The molecule has 1 aliphatic rings. The van der Waals surface area contributed by atoms with Gasteiger partial charge in [0.25, 0.3) is 17.5 Å². The van der Waals surface area contributed by atoms with E-state index < -0.39 is 22.6 Å². The number of carbonyl (C=O) groups excluding carboxylic acids is 1. The minimum atomic E-state index is -0.673. The molecule has 4 aromatic rings. The largest absolute Gasteiger partial charge is 0.324 e. The monoisotopic (exact) mass is 524 g/mol. The van der Waals surface area contributed by atoms with E-state index in [0.29, 0.717) is 16.7 Å². The first-order chi connectivity index (χ1) is 17.3. The maximum atomic E-state index is 13.6. The lowest BCUT2D eigenvalue weighted by Gasteiger charge is -2.24. The summed E-state index contributed by atoms with van der Waals surface area (Å²) in [5.74, 6) is -0.729. The van der Waals surface area contributed by atoms with Crippen LogP contribution in [0.5, 0.6) is 0 Å². The summed E-state index contributed by atoms with van der Waals surface area (Å²) in [6, 6.07) is 16.4. The second kappa shape index (κ2) is 9.40. The van der Waals surface area contributed by atoms with Crippen molar-refractivity contribution in [2.45, 2.75) is 6.04 Å². The molecule has 0 fully saturated rings. The summed E-state index contributed by atoms with van der Waals surface area (Å²) in [6.07, 6.45) is 1.90. The summed E-state index contributed by atoms with van der Waals surface area (Å²) in [7, 11) is 0. The van der Waals surface area contributed by atoms with Gasteiger partial charge in [-0.05, 0) is 53.6 Å². The highest BCUT2D eigenvalue weighted by Crippen LogP contribution is 2.34. The highest BCUT2D eigenvalue weighted by Gasteiger charge is 2.26. The van der Waals surface area contributed by atoms with Gasteiger partial charge in [0.05, 0.1) is 4.92 Å². The normalized spacial score (nSPS) is 14.4. The Kier molecular flexibility index (Phi) is 6.13. The minimum absolute atomic E-state index is 0.0156. The van der Waals surface area contributed by atoms with Crippen LogP contribution in [0.2, 0.25) is 10.0 Å². The van der Waals surface area contributed by atoms with Crippen molar-refractivity contribution in [3.63, 3.8) is 0 Å². The maximum absolute atomic E-state index is 13.6.